The summed E-state index contributed by atoms with van der Waals surface area (Å²) in [5.74, 6) is -0.633. The van der Waals surface area contributed by atoms with Crippen molar-refractivity contribution in [1.29, 1.82) is 0 Å². The molecule has 5 nitrogen and oxygen atoms in total. The van der Waals surface area contributed by atoms with E-state index >= 15 is 0 Å². The van der Waals surface area contributed by atoms with Crippen molar-refractivity contribution in [1.82, 2.24) is 10.9 Å². The highest BCUT2D eigenvalue weighted by molar-refractivity contribution is 6.35. The molecule has 0 aliphatic heterocycles. The Morgan fingerprint density at radius 2 is 1.55 bits per heavy atom. The van der Waals surface area contributed by atoms with Gasteiger partial charge >= 0.3 is 0 Å². The maximum Gasteiger partial charge on any atom is 0.273 e. The minimum atomic E-state index is -0.535. The van der Waals surface area contributed by atoms with Crippen LogP contribution in [0, 0.1) is 0 Å². The van der Waals surface area contributed by atoms with Crippen LogP contribution < -0.4 is 15.6 Å². The van der Waals surface area contributed by atoms with Crippen LogP contribution in [0.1, 0.15) is 20.7 Å². The largest absolute Gasteiger partial charge is 0.496 e. The summed E-state index contributed by atoms with van der Waals surface area (Å²) in [7, 11) is 1.46. The average molecular weight is 339 g/mol. The third-order valence-corrected chi connectivity index (χ3v) is 3.20. The highest BCUT2D eigenvalue weighted by atomic mass is 35.5. The van der Waals surface area contributed by atoms with Crippen LogP contribution in [-0.4, -0.2) is 18.9 Å². The van der Waals surface area contributed by atoms with Crippen LogP contribution >= 0.6 is 23.2 Å². The Bertz CT molecular complexity index is 699. The number of para-hydroxylation sites is 1. The molecule has 0 aromatic heterocycles. The van der Waals surface area contributed by atoms with E-state index in [-0.39, 0.29) is 5.56 Å². The number of hydrazine groups is 1. The van der Waals surface area contributed by atoms with Gasteiger partial charge in [-0.2, -0.15) is 0 Å². The van der Waals surface area contributed by atoms with Gasteiger partial charge in [0, 0.05) is 15.6 Å². The average Bonchev–Trinajstić information content (AvgIpc) is 2.51. The molecule has 7 heteroatoms. The Morgan fingerprint density at radius 1 is 0.955 bits per heavy atom. The van der Waals surface area contributed by atoms with Gasteiger partial charge in [-0.25, -0.2) is 0 Å². The first-order chi connectivity index (χ1) is 10.5. The van der Waals surface area contributed by atoms with E-state index in [1.165, 1.54) is 25.3 Å². The Kier molecular flexibility index (Phi) is 5.25. The predicted octanol–water partition coefficient (Wildman–Crippen LogP) is 3.08. The zero-order chi connectivity index (χ0) is 16.1. The highest BCUT2D eigenvalue weighted by Gasteiger charge is 2.13. The SMILES string of the molecule is COc1ccccc1C(=O)NNC(=O)c1cc(Cl)cc(Cl)c1. The summed E-state index contributed by atoms with van der Waals surface area (Å²) in [4.78, 5) is 24.0. The van der Waals surface area contributed by atoms with E-state index in [1.54, 1.807) is 24.3 Å². The number of carbonyl (C=O) groups is 2. The monoisotopic (exact) mass is 338 g/mol. The van der Waals surface area contributed by atoms with Crippen molar-refractivity contribution in [2.75, 3.05) is 7.11 Å². The second-order valence-electron chi connectivity index (χ2n) is 4.27. The zero-order valence-electron chi connectivity index (χ0n) is 11.5. The molecular formula is C15H12Cl2N2O3. The van der Waals surface area contributed by atoms with Gasteiger partial charge in [0.1, 0.15) is 5.75 Å². The second-order valence-corrected chi connectivity index (χ2v) is 5.14. The van der Waals surface area contributed by atoms with Gasteiger partial charge in [0.2, 0.25) is 0 Å². The standard InChI is InChI=1S/C15H12Cl2N2O3/c1-22-13-5-3-2-4-12(13)15(21)19-18-14(20)9-6-10(16)8-11(17)7-9/h2-8H,1H3,(H,18,20)(H,19,21). The van der Waals surface area contributed by atoms with Crippen LogP contribution in [0.5, 0.6) is 5.75 Å². The molecule has 0 spiro atoms. The fourth-order valence-electron chi connectivity index (χ4n) is 1.77. The molecule has 0 saturated carbocycles. The molecule has 114 valence electrons. The van der Waals surface area contributed by atoms with Crippen LogP contribution in [0.4, 0.5) is 0 Å². The van der Waals surface area contributed by atoms with E-state index in [2.05, 4.69) is 10.9 Å². The molecule has 0 aliphatic carbocycles. The maximum atomic E-state index is 12.0. The predicted molar refractivity (Wildman–Crippen MR) is 84.4 cm³/mol. The molecule has 0 radical (unpaired) electrons. The van der Waals surface area contributed by atoms with Crippen molar-refractivity contribution >= 4 is 35.0 Å². The molecule has 0 aliphatic rings. The number of rotatable bonds is 3. The van der Waals surface area contributed by atoms with Gasteiger partial charge in [-0.05, 0) is 30.3 Å². The topological polar surface area (TPSA) is 67.4 Å². The van der Waals surface area contributed by atoms with E-state index in [9.17, 15) is 9.59 Å². The number of nitrogens with one attached hydrogen (secondary N) is 2. The molecule has 2 N–H and O–H groups in total. The van der Waals surface area contributed by atoms with E-state index in [1.807, 2.05) is 0 Å². The van der Waals surface area contributed by atoms with Gasteiger partial charge < -0.3 is 4.74 Å². The van der Waals surface area contributed by atoms with E-state index in [0.29, 0.717) is 21.4 Å². The van der Waals surface area contributed by atoms with E-state index in [0.717, 1.165) is 0 Å². The first kappa shape index (κ1) is 16.1. The Hall–Kier alpha value is -2.24. The number of hydrogen-bond acceptors (Lipinski definition) is 3. The number of hydrogen-bond donors (Lipinski definition) is 2. The van der Waals surface area contributed by atoms with Gasteiger partial charge in [0.15, 0.2) is 0 Å². The molecular weight excluding hydrogens is 327 g/mol. The van der Waals surface area contributed by atoms with Crippen molar-refractivity contribution in [3.63, 3.8) is 0 Å². The van der Waals surface area contributed by atoms with Gasteiger partial charge in [0.05, 0.1) is 12.7 Å². The lowest BCUT2D eigenvalue weighted by atomic mass is 10.2. The molecule has 0 heterocycles. The first-order valence-corrected chi connectivity index (χ1v) is 6.96. The normalized spacial score (nSPS) is 9.95. The molecule has 2 aromatic rings. The lowest BCUT2D eigenvalue weighted by Crippen LogP contribution is -2.41. The van der Waals surface area contributed by atoms with Crippen molar-refractivity contribution in [3.05, 3.63) is 63.6 Å². The molecule has 2 aromatic carbocycles. The molecule has 22 heavy (non-hydrogen) atoms. The fourth-order valence-corrected chi connectivity index (χ4v) is 2.30. The maximum absolute atomic E-state index is 12.0. The Morgan fingerprint density at radius 3 is 2.18 bits per heavy atom. The van der Waals surface area contributed by atoms with Crippen molar-refractivity contribution in [2.45, 2.75) is 0 Å². The summed E-state index contributed by atoms with van der Waals surface area (Å²) in [6, 6.07) is 11.0. The minimum Gasteiger partial charge on any atom is -0.496 e. The van der Waals surface area contributed by atoms with E-state index < -0.39 is 11.8 Å². The smallest absolute Gasteiger partial charge is 0.273 e. The number of amides is 2. The summed E-state index contributed by atoms with van der Waals surface area (Å²) in [6.45, 7) is 0. The number of ether oxygens (including phenoxy) is 1. The number of carbonyl (C=O) groups excluding carboxylic acids is 2. The third-order valence-electron chi connectivity index (χ3n) is 2.77. The summed E-state index contributed by atoms with van der Waals surface area (Å²) in [5, 5.41) is 0.655. The minimum absolute atomic E-state index is 0.234. The number of methoxy groups -OCH3 is 1. The quantitative estimate of drug-likeness (QED) is 0.845. The van der Waals surface area contributed by atoms with Gasteiger partial charge in [-0.1, -0.05) is 35.3 Å². The molecule has 2 rings (SSSR count). The van der Waals surface area contributed by atoms with Crippen LogP contribution in [-0.2, 0) is 0 Å². The highest BCUT2D eigenvalue weighted by Crippen LogP contribution is 2.19. The Labute approximate surface area is 137 Å². The second kappa shape index (κ2) is 7.15. The fraction of sp³-hybridized carbons (Fsp3) is 0.0667. The summed E-state index contributed by atoms with van der Waals surface area (Å²) >= 11 is 11.6. The molecule has 0 atom stereocenters. The van der Waals surface area contributed by atoms with Crippen molar-refractivity contribution in [2.24, 2.45) is 0 Å². The third kappa shape index (κ3) is 3.90. The summed E-state index contributed by atoms with van der Waals surface area (Å²) in [5.41, 5.74) is 5.13. The molecule has 0 fully saturated rings. The molecule has 0 bridgehead atoms. The Balaban J connectivity index is 2.06. The van der Waals surface area contributed by atoms with Crippen LogP contribution in [0.15, 0.2) is 42.5 Å². The van der Waals surface area contributed by atoms with Gasteiger partial charge in [-0.15, -0.1) is 0 Å². The van der Waals surface area contributed by atoms with Crippen molar-refractivity contribution < 1.29 is 14.3 Å². The molecule has 0 unspecified atom stereocenters. The number of benzene rings is 2. The molecule has 0 saturated heterocycles. The van der Waals surface area contributed by atoms with Crippen LogP contribution in [0.25, 0.3) is 0 Å². The lowest BCUT2D eigenvalue weighted by Gasteiger charge is -2.10. The molecule has 2 amide bonds. The zero-order valence-corrected chi connectivity index (χ0v) is 13.0. The summed E-state index contributed by atoms with van der Waals surface area (Å²) in [6.07, 6.45) is 0. The van der Waals surface area contributed by atoms with Gasteiger partial charge in [-0.3, -0.25) is 20.4 Å². The van der Waals surface area contributed by atoms with E-state index in [4.69, 9.17) is 27.9 Å². The van der Waals surface area contributed by atoms with Crippen molar-refractivity contribution in [3.8, 4) is 5.75 Å². The summed E-state index contributed by atoms with van der Waals surface area (Å²) < 4.78 is 5.08. The number of halogens is 2. The lowest BCUT2D eigenvalue weighted by molar-refractivity contribution is 0.0845. The van der Waals surface area contributed by atoms with Gasteiger partial charge in [0.25, 0.3) is 11.8 Å². The van der Waals surface area contributed by atoms with Crippen LogP contribution in [0.2, 0.25) is 10.0 Å². The van der Waals surface area contributed by atoms with Crippen LogP contribution in [0.3, 0.4) is 0 Å². The first-order valence-electron chi connectivity index (χ1n) is 6.21.